The fourth-order valence-electron chi connectivity index (χ4n) is 5.41. The number of nitrogens with zero attached hydrogens (tertiary/aromatic N) is 2. The van der Waals surface area contributed by atoms with Crippen LogP contribution in [0.2, 0.25) is 0 Å². The number of thioether (sulfide) groups is 1. The monoisotopic (exact) mass is 534 g/mol. The van der Waals surface area contributed by atoms with Crippen molar-refractivity contribution in [1.29, 1.82) is 0 Å². The Balaban J connectivity index is 0.000000276. The van der Waals surface area contributed by atoms with E-state index >= 15 is 0 Å². The molecule has 2 saturated heterocycles. The number of amides is 2. The second kappa shape index (κ2) is 10.3. The number of carbonyl (C=O) groups is 4. The average Bonchev–Trinajstić information content (AvgIpc) is 3.27. The quantitative estimate of drug-likeness (QED) is 0.317. The van der Waals surface area contributed by atoms with Gasteiger partial charge in [0.1, 0.15) is 35.7 Å². The summed E-state index contributed by atoms with van der Waals surface area (Å²) in [5.41, 5.74) is 3.35. The van der Waals surface area contributed by atoms with Gasteiger partial charge in [0.25, 0.3) is 5.91 Å². The molecule has 7 rings (SSSR count). The van der Waals surface area contributed by atoms with E-state index in [1.54, 1.807) is 44.2 Å². The van der Waals surface area contributed by atoms with Crippen molar-refractivity contribution in [3.05, 3.63) is 59.7 Å². The zero-order valence-corrected chi connectivity index (χ0v) is 23.6. The molecule has 4 aliphatic heterocycles. The maximum Gasteiger partial charge on any atom is 1.00 e. The molecule has 9 nitrogen and oxygen atoms in total. The summed E-state index contributed by atoms with van der Waals surface area (Å²) in [6.45, 7) is 3.48. The summed E-state index contributed by atoms with van der Waals surface area (Å²) >= 11 is 1.31. The average molecular weight is 535 g/mol. The van der Waals surface area contributed by atoms with Crippen LogP contribution in [0.4, 0.5) is 5.69 Å². The number of para-hydroxylation sites is 1. The van der Waals surface area contributed by atoms with Crippen molar-refractivity contribution in [2.75, 3.05) is 4.90 Å². The number of carboxylic acid groups (broad SMARTS) is 2. The van der Waals surface area contributed by atoms with E-state index in [1.165, 1.54) is 45.5 Å². The fraction of sp³-hybridized carbons (Fsp3) is 0.385. The summed E-state index contributed by atoms with van der Waals surface area (Å²) in [7, 11) is 0. The van der Waals surface area contributed by atoms with Gasteiger partial charge in [0.15, 0.2) is 0 Å². The van der Waals surface area contributed by atoms with Gasteiger partial charge in [0, 0.05) is 10.4 Å². The maximum atomic E-state index is 12.8. The Morgan fingerprint density at radius 2 is 1.86 bits per heavy atom. The first kappa shape index (κ1) is 27.5. The van der Waals surface area contributed by atoms with Gasteiger partial charge in [-0.05, 0) is 62.1 Å². The van der Waals surface area contributed by atoms with Gasteiger partial charge in [-0.1, -0.05) is 24.3 Å². The van der Waals surface area contributed by atoms with Gasteiger partial charge < -0.3 is 21.3 Å². The van der Waals surface area contributed by atoms with Crippen LogP contribution in [-0.2, 0) is 25.6 Å². The molecule has 0 saturated carbocycles. The summed E-state index contributed by atoms with van der Waals surface area (Å²) in [6.07, 6.45) is 2.07. The van der Waals surface area contributed by atoms with Crippen LogP contribution in [0.5, 0.6) is 5.75 Å². The molecule has 2 N–H and O–H groups in total. The van der Waals surface area contributed by atoms with Gasteiger partial charge in [-0.2, -0.15) is 0 Å². The standard InChI is InChI=1S/C17H18N2O6S.C9H8O.Na.H/c1-17(2)13(16(24)25)19-14(23)12(15(19)26-17)18(10(20)8-11(21)22)9-6-4-3-5-7-9;1-4-9-8-3-2-7(10-9)5-6(1)8;;/h3-7,12-13,15H,8H2,1-2H3,(H,21,22)(H,24,25);2-3,5,9H,1,4H2;;/q;;+1;-1/t12?,13?,15-;;;/m1.../s1. The number of carboxylic acids is 2. The minimum absolute atomic E-state index is 0. The third-order valence-corrected chi connectivity index (χ3v) is 8.50. The van der Waals surface area contributed by atoms with Crippen LogP contribution in [0, 0.1) is 0 Å². The van der Waals surface area contributed by atoms with Crippen LogP contribution >= 0.6 is 11.8 Å². The van der Waals surface area contributed by atoms with Crippen LogP contribution in [0.15, 0.2) is 48.5 Å². The van der Waals surface area contributed by atoms with E-state index in [2.05, 4.69) is 18.2 Å². The molecule has 37 heavy (non-hydrogen) atoms. The Hall–Kier alpha value is -2.53. The largest absolute Gasteiger partial charge is 1.00 e. The van der Waals surface area contributed by atoms with E-state index in [9.17, 15) is 24.3 Å². The van der Waals surface area contributed by atoms with Gasteiger partial charge in [-0.15, -0.1) is 11.8 Å². The van der Waals surface area contributed by atoms with E-state index in [1.807, 2.05) is 0 Å². The summed E-state index contributed by atoms with van der Waals surface area (Å²) in [5.74, 6) is -2.52. The second-order valence-corrected chi connectivity index (χ2v) is 11.5. The molecule has 0 spiro atoms. The Labute approximate surface area is 241 Å². The van der Waals surface area contributed by atoms with Gasteiger partial charge in [-0.25, -0.2) is 4.79 Å². The van der Waals surface area contributed by atoms with E-state index < -0.39 is 52.4 Å². The molecule has 4 heterocycles. The molecule has 0 aromatic heterocycles. The van der Waals surface area contributed by atoms with Crippen molar-refractivity contribution < 1.29 is 65.1 Å². The third kappa shape index (κ3) is 4.87. The summed E-state index contributed by atoms with van der Waals surface area (Å²) in [6, 6.07) is 12.9. The van der Waals surface area contributed by atoms with E-state index in [0.717, 1.165) is 5.75 Å². The molecular formula is C26H27N2NaO7S. The minimum Gasteiger partial charge on any atom is -1.00 e. The molecule has 2 aromatic carbocycles. The molecule has 2 amide bonds. The first-order chi connectivity index (χ1) is 17.1. The number of anilines is 1. The van der Waals surface area contributed by atoms with Crippen molar-refractivity contribution in [1.82, 2.24) is 4.90 Å². The molecular weight excluding hydrogens is 507 g/mol. The molecule has 2 fully saturated rings. The third-order valence-electron chi connectivity index (χ3n) is 6.95. The number of rotatable bonds is 5. The summed E-state index contributed by atoms with van der Waals surface area (Å²) in [5, 5.41) is 17.9. The van der Waals surface area contributed by atoms with Crippen molar-refractivity contribution in [2.24, 2.45) is 0 Å². The topological polar surface area (TPSA) is 124 Å². The number of carbonyl (C=O) groups excluding carboxylic acids is 2. The Morgan fingerprint density at radius 1 is 1.16 bits per heavy atom. The Kier molecular flexibility index (Phi) is 7.67. The van der Waals surface area contributed by atoms with Crippen LogP contribution in [0.25, 0.3) is 0 Å². The second-order valence-electron chi connectivity index (χ2n) is 9.72. The number of β-lactam (4-membered cyclic amide) rings is 1. The summed E-state index contributed by atoms with van der Waals surface area (Å²) in [4.78, 5) is 50.4. The van der Waals surface area contributed by atoms with Crippen molar-refractivity contribution >= 4 is 41.2 Å². The first-order valence-corrected chi connectivity index (χ1v) is 12.6. The number of fused-ring (bicyclic) bond motifs is 2. The number of ether oxygens (including phenoxy) is 1. The van der Waals surface area contributed by atoms with Gasteiger partial charge in [0.05, 0.1) is 0 Å². The van der Waals surface area contributed by atoms with Gasteiger partial charge >= 0.3 is 41.5 Å². The molecule has 1 aliphatic carbocycles. The molecule has 4 atom stereocenters. The SMILES string of the molecule is CC1(C)S[C@@H]2C(N(C(=O)CC(=O)O)c3ccccc3)C(=O)N2C1C(=O)O.[H-].[Na+].c1cc2c3cc1OC2CC3. The van der Waals surface area contributed by atoms with E-state index in [-0.39, 0.29) is 31.0 Å². The summed E-state index contributed by atoms with van der Waals surface area (Å²) < 4.78 is 4.87. The molecule has 5 aliphatic rings. The van der Waals surface area contributed by atoms with Gasteiger partial charge in [0.2, 0.25) is 5.91 Å². The predicted octanol–water partition coefficient (Wildman–Crippen LogP) is 0.193. The fourth-order valence-corrected chi connectivity index (χ4v) is 7.08. The smallest absolute Gasteiger partial charge is 1.00 e. The molecule has 11 heteroatoms. The van der Waals surface area contributed by atoms with Gasteiger partial charge in [-0.3, -0.25) is 19.3 Å². The van der Waals surface area contributed by atoms with E-state index in [0.29, 0.717) is 11.8 Å². The van der Waals surface area contributed by atoms with Crippen molar-refractivity contribution in [3.8, 4) is 5.75 Å². The van der Waals surface area contributed by atoms with Crippen LogP contribution in [0.3, 0.4) is 0 Å². The van der Waals surface area contributed by atoms with Crippen molar-refractivity contribution in [3.63, 3.8) is 0 Å². The zero-order chi connectivity index (χ0) is 25.8. The molecule has 4 bridgehead atoms. The molecule has 0 radical (unpaired) electrons. The predicted molar refractivity (Wildman–Crippen MR) is 133 cm³/mol. The number of aryl methyl sites for hydroxylation is 1. The minimum atomic E-state index is -1.29. The van der Waals surface area contributed by atoms with E-state index in [4.69, 9.17) is 9.84 Å². The van der Waals surface area contributed by atoms with Crippen LogP contribution in [-0.4, -0.2) is 61.1 Å². The number of hydrogen-bond donors (Lipinski definition) is 2. The normalized spacial score (nSPS) is 25.0. The molecule has 190 valence electrons. The number of hydrogen-bond acceptors (Lipinski definition) is 6. The van der Waals surface area contributed by atoms with Crippen LogP contribution in [0.1, 0.15) is 45.3 Å². The first-order valence-electron chi connectivity index (χ1n) is 11.7. The van der Waals surface area contributed by atoms with Crippen LogP contribution < -0.4 is 39.2 Å². The number of benzene rings is 2. The molecule has 2 aromatic rings. The van der Waals surface area contributed by atoms with Crippen molar-refractivity contribution in [2.45, 2.75) is 61.4 Å². The number of aliphatic carboxylic acids is 2. The zero-order valence-electron chi connectivity index (χ0n) is 21.8. The molecule has 3 unspecified atom stereocenters. The maximum absolute atomic E-state index is 12.8. The Morgan fingerprint density at radius 3 is 2.43 bits per heavy atom. The Bertz CT molecular complexity index is 1260.